The van der Waals surface area contributed by atoms with Gasteiger partial charge in [0, 0.05) is 5.69 Å². The first kappa shape index (κ1) is 14.7. The van der Waals surface area contributed by atoms with Crippen LogP contribution in [0.25, 0.3) is 11.1 Å². The molecule has 0 fully saturated rings. The molecule has 0 bridgehead atoms. The molecule has 0 saturated carbocycles. The molecule has 0 aromatic heterocycles. The lowest BCUT2D eigenvalue weighted by atomic mass is 10.1. The normalized spacial score (nSPS) is 10.4. The molecule has 3 aromatic carbocycles. The Morgan fingerprint density at radius 1 is 0.818 bits per heavy atom. The standard InChI is InChI=1S/C19H16BrNO/c20-18-12-16(15-4-2-1-3-5-15)8-11-19(18)22-13-14-6-9-17(21)10-7-14/h1-12H,13,21H2. The molecule has 2 N–H and O–H groups in total. The zero-order chi connectivity index (χ0) is 15.4. The summed E-state index contributed by atoms with van der Waals surface area (Å²) >= 11 is 3.58. The van der Waals surface area contributed by atoms with Crippen molar-refractivity contribution < 1.29 is 4.74 Å². The molecule has 110 valence electrons. The van der Waals surface area contributed by atoms with Crippen molar-refractivity contribution >= 4 is 21.6 Å². The predicted octanol–water partition coefficient (Wildman–Crippen LogP) is 5.28. The molecule has 0 unspecified atom stereocenters. The van der Waals surface area contributed by atoms with Crippen LogP contribution in [0.2, 0.25) is 0 Å². The number of benzene rings is 3. The Morgan fingerprint density at radius 2 is 1.55 bits per heavy atom. The van der Waals surface area contributed by atoms with Crippen LogP contribution in [-0.4, -0.2) is 0 Å². The van der Waals surface area contributed by atoms with Crippen LogP contribution in [0, 0.1) is 0 Å². The summed E-state index contributed by atoms with van der Waals surface area (Å²) in [4.78, 5) is 0. The Hall–Kier alpha value is -2.26. The lowest BCUT2D eigenvalue weighted by Gasteiger charge is -2.10. The van der Waals surface area contributed by atoms with Gasteiger partial charge in [0.1, 0.15) is 12.4 Å². The van der Waals surface area contributed by atoms with Crippen LogP contribution in [0.4, 0.5) is 5.69 Å². The molecular weight excluding hydrogens is 338 g/mol. The highest BCUT2D eigenvalue weighted by Crippen LogP contribution is 2.31. The topological polar surface area (TPSA) is 35.2 Å². The minimum atomic E-state index is 0.517. The van der Waals surface area contributed by atoms with E-state index in [2.05, 4.69) is 40.2 Å². The van der Waals surface area contributed by atoms with E-state index in [9.17, 15) is 0 Å². The molecule has 22 heavy (non-hydrogen) atoms. The van der Waals surface area contributed by atoms with Crippen LogP contribution in [0.3, 0.4) is 0 Å². The van der Waals surface area contributed by atoms with E-state index in [1.807, 2.05) is 48.5 Å². The molecule has 0 spiro atoms. The Labute approximate surface area is 138 Å². The molecule has 0 atom stereocenters. The highest BCUT2D eigenvalue weighted by Gasteiger charge is 2.05. The van der Waals surface area contributed by atoms with Crippen molar-refractivity contribution in [3.63, 3.8) is 0 Å². The van der Waals surface area contributed by atoms with E-state index in [0.717, 1.165) is 27.0 Å². The van der Waals surface area contributed by atoms with E-state index < -0.39 is 0 Å². The van der Waals surface area contributed by atoms with Gasteiger partial charge in [-0.1, -0.05) is 48.5 Å². The van der Waals surface area contributed by atoms with E-state index in [1.165, 1.54) is 5.56 Å². The smallest absolute Gasteiger partial charge is 0.134 e. The molecule has 0 aliphatic heterocycles. The first-order valence-electron chi connectivity index (χ1n) is 7.04. The molecule has 0 saturated heterocycles. The van der Waals surface area contributed by atoms with Crippen molar-refractivity contribution in [2.75, 3.05) is 5.73 Å². The highest BCUT2D eigenvalue weighted by molar-refractivity contribution is 9.10. The second-order valence-corrected chi connectivity index (χ2v) is 5.90. The maximum absolute atomic E-state index is 5.87. The molecule has 0 heterocycles. The quantitative estimate of drug-likeness (QED) is 0.647. The van der Waals surface area contributed by atoms with Crippen molar-refractivity contribution in [1.29, 1.82) is 0 Å². The van der Waals surface area contributed by atoms with Crippen molar-refractivity contribution in [2.45, 2.75) is 6.61 Å². The Bertz CT molecular complexity index is 754. The number of hydrogen-bond acceptors (Lipinski definition) is 2. The van der Waals surface area contributed by atoms with Crippen molar-refractivity contribution in [3.05, 3.63) is 82.8 Å². The number of nitrogens with two attached hydrogens (primary N) is 1. The van der Waals surface area contributed by atoms with Gasteiger partial charge in [-0.3, -0.25) is 0 Å². The molecule has 0 aliphatic rings. The van der Waals surface area contributed by atoms with Crippen molar-refractivity contribution in [3.8, 4) is 16.9 Å². The van der Waals surface area contributed by atoms with Crippen LogP contribution in [0.15, 0.2) is 77.3 Å². The summed E-state index contributed by atoms with van der Waals surface area (Å²) in [6.45, 7) is 0.517. The summed E-state index contributed by atoms with van der Waals surface area (Å²) in [6.07, 6.45) is 0. The molecule has 3 heteroatoms. The predicted molar refractivity (Wildman–Crippen MR) is 94.8 cm³/mol. The van der Waals surface area contributed by atoms with Crippen molar-refractivity contribution in [1.82, 2.24) is 0 Å². The lowest BCUT2D eigenvalue weighted by molar-refractivity contribution is 0.304. The van der Waals surface area contributed by atoms with Gasteiger partial charge in [-0.25, -0.2) is 0 Å². The number of halogens is 1. The van der Waals surface area contributed by atoms with E-state index in [-0.39, 0.29) is 0 Å². The van der Waals surface area contributed by atoms with Crippen LogP contribution in [-0.2, 0) is 6.61 Å². The zero-order valence-corrected chi connectivity index (χ0v) is 13.6. The third kappa shape index (κ3) is 3.49. The zero-order valence-electron chi connectivity index (χ0n) is 12.0. The fourth-order valence-electron chi connectivity index (χ4n) is 2.20. The Balaban J connectivity index is 1.74. The number of hydrogen-bond donors (Lipinski definition) is 1. The van der Waals surface area contributed by atoms with Gasteiger partial charge in [0.2, 0.25) is 0 Å². The maximum Gasteiger partial charge on any atom is 0.134 e. The minimum absolute atomic E-state index is 0.517. The van der Waals surface area contributed by atoms with Gasteiger partial charge < -0.3 is 10.5 Å². The molecule has 0 aliphatic carbocycles. The minimum Gasteiger partial charge on any atom is -0.488 e. The summed E-state index contributed by atoms with van der Waals surface area (Å²) in [6, 6.07) is 24.1. The summed E-state index contributed by atoms with van der Waals surface area (Å²) in [5, 5.41) is 0. The molecule has 0 radical (unpaired) electrons. The maximum atomic E-state index is 5.87. The third-order valence-electron chi connectivity index (χ3n) is 3.41. The highest BCUT2D eigenvalue weighted by atomic mass is 79.9. The Morgan fingerprint density at radius 3 is 2.23 bits per heavy atom. The van der Waals surface area contributed by atoms with E-state index in [4.69, 9.17) is 10.5 Å². The largest absolute Gasteiger partial charge is 0.488 e. The van der Waals surface area contributed by atoms with Gasteiger partial charge in [0.25, 0.3) is 0 Å². The average Bonchev–Trinajstić information content (AvgIpc) is 2.56. The second kappa shape index (κ2) is 6.67. The summed E-state index contributed by atoms with van der Waals surface area (Å²) in [7, 11) is 0. The van der Waals surface area contributed by atoms with Crippen LogP contribution < -0.4 is 10.5 Å². The third-order valence-corrected chi connectivity index (χ3v) is 4.03. The molecule has 0 amide bonds. The average molecular weight is 354 g/mol. The van der Waals surface area contributed by atoms with Crippen LogP contribution in [0.5, 0.6) is 5.75 Å². The van der Waals surface area contributed by atoms with Crippen LogP contribution in [0.1, 0.15) is 5.56 Å². The van der Waals surface area contributed by atoms with Gasteiger partial charge in [0.15, 0.2) is 0 Å². The number of anilines is 1. The fourth-order valence-corrected chi connectivity index (χ4v) is 2.70. The van der Waals surface area contributed by atoms with Crippen molar-refractivity contribution in [2.24, 2.45) is 0 Å². The number of nitrogen functional groups attached to an aromatic ring is 1. The monoisotopic (exact) mass is 353 g/mol. The number of rotatable bonds is 4. The lowest BCUT2D eigenvalue weighted by Crippen LogP contribution is -1.96. The van der Waals surface area contributed by atoms with Crippen LogP contribution >= 0.6 is 15.9 Å². The summed E-state index contributed by atoms with van der Waals surface area (Å²) in [5.74, 6) is 0.830. The van der Waals surface area contributed by atoms with Gasteiger partial charge in [-0.15, -0.1) is 0 Å². The summed E-state index contributed by atoms with van der Waals surface area (Å²) < 4.78 is 6.81. The second-order valence-electron chi connectivity index (χ2n) is 5.04. The molecular formula is C19H16BrNO. The van der Waals surface area contributed by atoms with E-state index >= 15 is 0 Å². The van der Waals surface area contributed by atoms with E-state index in [0.29, 0.717) is 6.61 Å². The van der Waals surface area contributed by atoms with Gasteiger partial charge in [-0.05, 0) is 56.9 Å². The summed E-state index contributed by atoms with van der Waals surface area (Å²) in [5.41, 5.74) is 9.88. The van der Waals surface area contributed by atoms with Gasteiger partial charge >= 0.3 is 0 Å². The van der Waals surface area contributed by atoms with Gasteiger partial charge in [0.05, 0.1) is 4.47 Å². The first-order chi connectivity index (χ1) is 10.7. The van der Waals surface area contributed by atoms with Gasteiger partial charge in [-0.2, -0.15) is 0 Å². The molecule has 3 aromatic rings. The molecule has 3 rings (SSSR count). The Kier molecular flexibility index (Phi) is 4.45. The van der Waals surface area contributed by atoms with E-state index in [1.54, 1.807) is 0 Å². The SMILES string of the molecule is Nc1ccc(COc2ccc(-c3ccccc3)cc2Br)cc1. The first-order valence-corrected chi connectivity index (χ1v) is 7.84. The number of ether oxygens (including phenoxy) is 1. The fraction of sp³-hybridized carbons (Fsp3) is 0.0526. The molecule has 2 nitrogen and oxygen atoms in total.